The summed E-state index contributed by atoms with van der Waals surface area (Å²) in [6, 6.07) is 5.86. The van der Waals surface area contributed by atoms with Crippen LogP contribution in [0, 0.1) is 18.6 Å². The van der Waals surface area contributed by atoms with E-state index < -0.39 is 36.2 Å². The number of rotatable bonds is 8. The first-order valence-corrected chi connectivity index (χ1v) is 9.07. The van der Waals surface area contributed by atoms with Crippen molar-refractivity contribution in [3.8, 4) is 0 Å². The average Bonchev–Trinajstić information content (AvgIpc) is 3.04. The summed E-state index contributed by atoms with van der Waals surface area (Å²) in [5.74, 6) is -2.94. The summed E-state index contributed by atoms with van der Waals surface area (Å²) in [5.41, 5.74) is 0.118. The first-order chi connectivity index (χ1) is 12.8. The van der Waals surface area contributed by atoms with Gasteiger partial charge in [-0.2, -0.15) is 0 Å². The zero-order valence-corrected chi connectivity index (χ0v) is 15.7. The number of benzene rings is 1. The maximum Gasteiger partial charge on any atom is 0.306 e. The van der Waals surface area contributed by atoms with Crippen LogP contribution in [0.15, 0.2) is 30.3 Å². The summed E-state index contributed by atoms with van der Waals surface area (Å²) in [5, 5.41) is 2.46. The fraction of sp³-hybridized carbons (Fsp3) is 0.316. The summed E-state index contributed by atoms with van der Waals surface area (Å²) >= 11 is 1.35. The highest BCUT2D eigenvalue weighted by Gasteiger charge is 2.16. The lowest BCUT2D eigenvalue weighted by Gasteiger charge is -2.15. The van der Waals surface area contributed by atoms with Crippen LogP contribution in [0.25, 0.3) is 0 Å². The fourth-order valence-electron chi connectivity index (χ4n) is 2.35. The summed E-state index contributed by atoms with van der Waals surface area (Å²) < 4.78 is 31.4. The van der Waals surface area contributed by atoms with E-state index in [4.69, 9.17) is 4.74 Å². The molecule has 1 aromatic heterocycles. The number of halogens is 2. The third-order valence-corrected chi connectivity index (χ3v) is 4.78. The lowest BCUT2D eigenvalue weighted by atomic mass is 10.1. The van der Waals surface area contributed by atoms with Crippen molar-refractivity contribution in [3.63, 3.8) is 0 Å². The lowest BCUT2D eigenvalue weighted by Crippen LogP contribution is -2.31. The molecule has 1 N–H and O–H groups in total. The van der Waals surface area contributed by atoms with Crippen molar-refractivity contribution in [2.24, 2.45) is 0 Å². The van der Waals surface area contributed by atoms with Crippen molar-refractivity contribution >= 4 is 29.0 Å². The SMILES string of the molecule is Cc1ccc(C(=O)CCC(=O)OCC(=O)N[C@H](C)c2ccc(F)cc2F)s1. The molecule has 0 saturated heterocycles. The zero-order chi connectivity index (χ0) is 20.0. The van der Waals surface area contributed by atoms with Gasteiger partial charge in [-0.05, 0) is 32.0 Å². The first kappa shape index (κ1) is 20.7. The Labute approximate surface area is 159 Å². The minimum atomic E-state index is -0.776. The van der Waals surface area contributed by atoms with E-state index in [2.05, 4.69) is 5.32 Å². The van der Waals surface area contributed by atoms with E-state index >= 15 is 0 Å². The van der Waals surface area contributed by atoms with Crippen molar-refractivity contribution < 1.29 is 27.9 Å². The van der Waals surface area contributed by atoms with Crippen molar-refractivity contribution in [2.75, 3.05) is 6.61 Å². The maximum absolute atomic E-state index is 13.7. The lowest BCUT2D eigenvalue weighted by molar-refractivity contribution is -0.148. The molecule has 0 aliphatic carbocycles. The highest BCUT2D eigenvalue weighted by molar-refractivity contribution is 7.14. The number of aryl methyl sites for hydroxylation is 1. The van der Waals surface area contributed by atoms with Gasteiger partial charge in [0, 0.05) is 22.9 Å². The third-order valence-electron chi connectivity index (χ3n) is 3.74. The first-order valence-electron chi connectivity index (χ1n) is 8.26. The van der Waals surface area contributed by atoms with E-state index in [1.165, 1.54) is 24.3 Å². The highest BCUT2D eigenvalue weighted by Crippen LogP contribution is 2.18. The topological polar surface area (TPSA) is 72.5 Å². The molecule has 27 heavy (non-hydrogen) atoms. The average molecular weight is 395 g/mol. The smallest absolute Gasteiger partial charge is 0.306 e. The van der Waals surface area contributed by atoms with E-state index in [0.717, 1.165) is 17.0 Å². The van der Waals surface area contributed by atoms with Gasteiger partial charge in [0.05, 0.1) is 17.3 Å². The number of amides is 1. The third kappa shape index (κ3) is 6.25. The second-order valence-electron chi connectivity index (χ2n) is 5.95. The Morgan fingerprint density at radius 2 is 1.89 bits per heavy atom. The number of thiophene rings is 1. The van der Waals surface area contributed by atoms with Crippen LogP contribution < -0.4 is 5.32 Å². The van der Waals surface area contributed by atoms with Gasteiger partial charge in [-0.1, -0.05) is 6.07 Å². The molecule has 1 heterocycles. The molecule has 0 bridgehead atoms. The van der Waals surface area contributed by atoms with E-state index in [0.29, 0.717) is 4.88 Å². The van der Waals surface area contributed by atoms with Crippen LogP contribution in [0.2, 0.25) is 0 Å². The monoisotopic (exact) mass is 395 g/mol. The van der Waals surface area contributed by atoms with Crippen LogP contribution in [0.1, 0.15) is 45.9 Å². The predicted molar refractivity (Wildman–Crippen MR) is 96.5 cm³/mol. The minimum absolute atomic E-state index is 0.00238. The Kier molecular flexibility index (Phi) is 7.18. The molecule has 0 fully saturated rings. The molecule has 1 amide bonds. The van der Waals surface area contributed by atoms with Gasteiger partial charge >= 0.3 is 5.97 Å². The van der Waals surface area contributed by atoms with Crippen LogP contribution in [0.3, 0.4) is 0 Å². The number of carbonyl (C=O) groups is 3. The Morgan fingerprint density at radius 3 is 2.52 bits per heavy atom. The number of carbonyl (C=O) groups excluding carboxylic acids is 3. The van der Waals surface area contributed by atoms with E-state index in [9.17, 15) is 23.2 Å². The molecule has 1 atom stereocenters. The molecular formula is C19H19F2NO4S. The Morgan fingerprint density at radius 1 is 1.15 bits per heavy atom. The molecule has 1 aromatic carbocycles. The van der Waals surface area contributed by atoms with Gasteiger partial charge in [-0.15, -0.1) is 11.3 Å². The largest absolute Gasteiger partial charge is 0.456 e. The van der Waals surface area contributed by atoms with Crippen LogP contribution in [-0.4, -0.2) is 24.3 Å². The highest BCUT2D eigenvalue weighted by atomic mass is 32.1. The van der Waals surface area contributed by atoms with Crippen LogP contribution in [-0.2, 0) is 14.3 Å². The number of Topliss-reactive ketones (excluding diaryl/α,β-unsaturated/α-hetero) is 1. The van der Waals surface area contributed by atoms with Gasteiger partial charge in [-0.3, -0.25) is 14.4 Å². The van der Waals surface area contributed by atoms with E-state index in [1.54, 1.807) is 6.07 Å². The molecule has 0 unspecified atom stereocenters. The maximum atomic E-state index is 13.7. The summed E-state index contributed by atoms with van der Waals surface area (Å²) in [4.78, 5) is 37.0. The predicted octanol–water partition coefficient (Wildman–Crippen LogP) is 3.72. The Hall–Kier alpha value is -2.61. The molecule has 2 rings (SSSR count). The normalized spacial score (nSPS) is 11.7. The second-order valence-corrected chi connectivity index (χ2v) is 7.24. The summed E-state index contributed by atoms with van der Waals surface area (Å²) in [7, 11) is 0. The van der Waals surface area contributed by atoms with Crippen molar-refractivity contribution in [3.05, 3.63) is 57.3 Å². The number of ether oxygens (including phenoxy) is 1. The van der Waals surface area contributed by atoms with Crippen LogP contribution in [0.5, 0.6) is 0 Å². The van der Waals surface area contributed by atoms with E-state index in [1.807, 2.05) is 13.0 Å². The van der Waals surface area contributed by atoms with Gasteiger partial charge in [-0.25, -0.2) is 8.78 Å². The van der Waals surface area contributed by atoms with Gasteiger partial charge < -0.3 is 10.1 Å². The standard InChI is InChI=1S/C19H19F2NO4S/c1-11-3-7-17(27-11)16(23)6-8-19(25)26-10-18(24)22-12(2)14-5-4-13(20)9-15(14)21/h3-5,7,9,12H,6,8,10H2,1-2H3,(H,22,24)/t12-/m1/s1. The second kappa shape index (κ2) is 9.36. The molecule has 5 nitrogen and oxygen atoms in total. The van der Waals surface area contributed by atoms with Crippen LogP contribution in [0.4, 0.5) is 8.78 Å². The molecule has 0 aliphatic heterocycles. The number of nitrogens with one attached hydrogen (secondary N) is 1. The molecule has 0 saturated carbocycles. The quantitative estimate of drug-likeness (QED) is 0.546. The zero-order valence-electron chi connectivity index (χ0n) is 14.9. The minimum Gasteiger partial charge on any atom is -0.456 e. The van der Waals surface area contributed by atoms with Crippen LogP contribution >= 0.6 is 11.3 Å². The fourth-order valence-corrected chi connectivity index (χ4v) is 3.19. The molecule has 8 heteroatoms. The summed E-state index contributed by atoms with van der Waals surface area (Å²) in [6.07, 6.45) is -0.136. The van der Waals surface area contributed by atoms with Crippen molar-refractivity contribution in [1.82, 2.24) is 5.32 Å². The van der Waals surface area contributed by atoms with Crippen molar-refractivity contribution in [2.45, 2.75) is 32.7 Å². The van der Waals surface area contributed by atoms with Gasteiger partial charge in [0.2, 0.25) is 0 Å². The molecule has 2 aromatic rings. The number of hydrogen-bond acceptors (Lipinski definition) is 5. The molecule has 144 valence electrons. The van der Waals surface area contributed by atoms with Gasteiger partial charge in [0.25, 0.3) is 5.91 Å². The van der Waals surface area contributed by atoms with Gasteiger partial charge in [0.15, 0.2) is 12.4 Å². The Balaban J connectivity index is 1.74. The Bertz CT molecular complexity index is 850. The van der Waals surface area contributed by atoms with E-state index in [-0.39, 0.29) is 24.2 Å². The van der Waals surface area contributed by atoms with Gasteiger partial charge in [0.1, 0.15) is 11.6 Å². The molecular weight excluding hydrogens is 376 g/mol. The number of ketones is 1. The molecule has 0 aliphatic rings. The molecule has 0 radical (unpaired) electrons. The molecule has 0 spiro atoms. The number of hydrogen-bond donors (Lipinski definition) is 1. The number of esters is 1. The summed E-state index contributed by atoms with van der Waals surface area (Å²) in [6.45, 7) is 2.86. The van der Waals surface area contributed by atoms with Crippen molar-refractivity contribution in [1.29, 1.82) is 0 Å².